The van der Waals surface area contributed by atoms with E-state index in [1.54, 1.807) is 36.2 Å². The van der Waals surface area contributed by atoms with Gasteiger partial charge in [0.05, 0.1) is 5.69 Å². The van der Waals surface area contributed by atoms with Crippen LogP contribution in [-0.4, -0.2) is 30.6 Å². The summed E-state index contributed by atoms with van der Waals surface area (Å²) in [7, 11) is 1.75. The topological polar surface area (TPSA) is 66.8 Å². The van der Waals surface area contributed by atoms with E-state index in [1.165, 1.54) is 0 Å². The molecule has 0 bridgehead atoms. The van der Waals surface area contributed by atoms with Crippen molar-refractivity contribution in [3.05, 3.63) is 59.7 Å². The smallest absolute Gasteiger partial charge is 0.341 e. The Balaban J connectivity index is 1.87. The third-order valence-electron chi connectivity index (χ3n) is 3.64. The number of hydrogen-bond donors (Lipinski definition) is 1. The van der Waals surface area contributed by atoms with Crippen molar-refractivity contribution in [2.24, 2.45) is 0 Å². The monoisotopic (exact) mass is 309 g/mol. The van der Waals surface area contributed by atoms with Crippen molar-refractivity contribution < 1.29 is 19.4 Å². The number of hydrogen-bond acceptors (Lipinski definition) is 3. The molecule has 0 saturated heterocycles. The molecule has 0 fully saturated rings. The highest BCUT2D eigenvalue weighted by molar-refractivity contribution is 6.35. The number of benzene rings is 2. The third-order valence-corrected chi connectivity index (χ3v) is 3.64. The molecule has 1 aliphatic rings. The first-order valence-corrected chi connectivity index (χ1v) is 7.10. The van der Waals surface area contributed by atoms with Crippen LogP contribution in [0, 0.1) is 0 Å². The van der Waals surface area contributed by atoms with E-state index in [0.29, 0.717) is 11.3 Å². The molecule has 5 nitrogen and oxygen atoms in total. The first kappa shape index (κ1) is 14.8. The second-order valence-electron chi connectivity index (χ2n) is 5.19. The average molecular weight is 309 g/mol. The highest BCUT2D eigenvalue weighted by atomic mass is 16.5. The molecule has 2 aromatic carbocycles. The number of ether oxygens (including phenoxy) is 1. The van der Waals surface area contributed by atoms with Crippen LogP contribution in [0.5, 0.6) is 5.75 Å². The minimum atomic E-state index is -1.02. The molecule has 0 spiro atoms. The zero-order valence-electron chi connectivity index (χ0n) is 12.5. The van der Waals surface area contributed by atoms with E-state index in [0.717, 1.165) is 16.8 Å². The Bertz CT molecular complexity index is 793. The quantitative estimate of drug-likeness (QED) is 0.882. The number of amides is 1. The molecule has 0 atom stereocenters. The van der Waals surface area contributed by atoms with Crippen LogP contribution < -0.4 is 9.64 Å². The van der Waals surface area contributed by atoms with Gasteiger partial charge in [-0.2, -0.15) is 0 Å². The van der Waals surface area contributed by atoms with Crippen molar-refractivity contribution in [1.82, 2.24) is 0 Å². The number of carboxylic acid groups (broad SMARTS) is 1. The van der Waals surface area contributed by atoms with Gasteiger partial charge in [-0.05, 0) is 29.8 Å². The van der Waals surface area contributed by atoms with Crippen molar-refractivity contribution in [3.8, 4) is 5.75 Å². The summed E-state index contributed by atoms with van der Waals surface area (Å²) in [4.78, 5) is 24.5. The molecule has 0 radical (unpaired) electrons. The number of rotatable bonds is 4. The van der Waals surface area contributed by atoms with Crippen molar-refractivity contribution in [2.75, 3.05) is 18.6 Å². The van der Waals surface area contributed by atoms with E-state index in [2.05, 4.69) is 0 Å². The largest absolute Gasteiger partial charge is 0.482 e. The Morgan fingerprint density at radius 2 is 1.87 bits per heavy atom. The van der Waals surface area contributed by atoms with Gasteiger partial charge in [-0.25, -0.2) is 4.79 Å². The molecular weight excluding hydrogens is 294 g/mol. The molecule has 1 aliphatic heterocycles. The lowest BCUT2D eigenvalue weighted by molar-refractivity contribution is -0.139. The average Bonchev–Trinajstić information content (AvgIpc) is 2.80. The number of likely N-dealkylation sites (N-methyl/N-ethyl adjacent to an activating group) is 1. The summed E-state index contributed by atoms with van der Waals surface area (Å²) >= 11 is 0. The van der Waals surface area contributed by atoms with Gasteiger partial charge in [-0.1, -0.05) is 30.3 Å². The minimum absolute atomic E-state index is 0.0441. The van der Waals surface area contributed by atoms with Crippen LogP contribution in [-0.2, 0) is 9.59 Å². The lowest BCUT2D eigenvalue weighted by Gasteiger charge is -2.08. The number of nitrogens with zero attached hydrogens (tertiary/aromatic N) is 1. The van der Waals surface area contributed by atoms with Crippen LogP contribution in [0.3, 0.4) is 0 Å². The zero-order chi connectivity index (χ0) is 16.4. The van der Waals surface area contributed by atoms with E-state index >= 15 is 0 Å². The summed E-state index contributed by atoms with van der Waals surface area (Å²) < 4.78 is 5.09. The Labute approximate surface area is 133 Å². The number of carbonyl (C=O) groups excluding carboxylic acids is 1. The molecule has 1 heterocycles. The predicted octanol–water partition coefficient (Wildman–Crippen LogP) is 2.67. The van der Waals surface area contributed by atoms with Gasteiger partial charge in [0, 0.05) is 18.2 Å². The number of anilines is 1. The molecule has 3 rings (SSSR count). The molecule has 0 aliphatic carbocycles. The maximum atomic E-state index is 12.4. The number of aliphatic carboxylic acids is 1. The van der Waals surface area contributed by atoms with Crippen LogP contribution in [0.4, 0.5) is 5.69 Å². The fourth-order valence-electron chi connectivity index (χ4n) is 2.51. The van der Waals surface area contributed by atoms with Crippen LogP contribution in [0.1, 0.15) is 11.1 Å². The van der Waals surface area contributed by atoms with Gasteiger partial charge in [0.1, 0.15) is 5.75 Å². The Kier molecular flexibility index (Phi) is 3.85. The zero-order valence-corrected chi connectivity index (χ0v) is 12.5. The fourth-order valence-corrected chi connectivity index (χ4v) is 2.51. The summed E-state index contributed by atoms with van der Waals surface area (Å²) in [6.07, 6.45) is 1.83. The lowest BCUT2D eigenvalue weighted by Crippen LogP contribution is -2.20. The molecule has 0 aromatic heterocycles. The van der Waals surface area contributed by atoms with Crippen molar-refractivity contribution >= 4 is 29.2 Å². The van der Waals surface area contributed by atoms with Gasteiger partial charge in [-0.3, -0.25) is 4.79 Å². The summed E-state index contributed by atoms with van der Waals surface area (Å²) in [6, 6.07) is 14.6. The van der Waals surface area contributed by atoms with Gasteiger partial charge in [0.25, 0.3) is 5.91 Å². The van der Waals surface area contributed by atoms with Crippen LogP contribution in [0.25, 0.3) is 11.6 Å². The Morgan fingerprint density at radius 3 is 2.57 bits per heavy atom. The summed E-state index contributed by atoms with van der Waals surface area (Å²) in [6.45, 7) is -0.378. The standard InChI is InChI=1S/C18H15NO4/c1-19-16-5-3-2-4-14(16)15(18(19)22)10-12-6-8-13(9-7-12)23-11-17(20)21/h2-10H,11H2,1H3,(H,20,21). The maximum absolute atomic E-state index is 12.4. The Hall–Kier alpha value is -3.08. The van der Waals surface area contributed by atoms with Gasteiger partial charge in [0.15, 0.2) is 6.61 Å². The molecule has 116 valence electrons. The van der Waals surface area contributed by atoms with Crippen molar-refractivity contribution in [3.63, 3.8) is 0 Å². The molecule has 0 saturated carbocycles. The van der Waals surface area contributed by atoms with E-state index < -0.39 is 5.97 Å². The highest BCUT2D eigenvalue weighted by Crippen LogP contribution is 2.36. The van der Waals surface area contributed by atoms with E-state index in [9.17, 15) is 9.59 Å². The number of fused-ring (bicyclic) bond motifs is 1. The number of carbonyl (C=O) groups is 2. The van der Waals surface area contributed by atoms with Crippen LogP contribution in [0.2, 0.25) is 0 Å². The highest BCUT2D eigenvalue weighted by Gasteiger charge is 2.28. The van der Waals surface area contributed by atoms with Crippen molar-refractivity contribution in [2.45, 2.75) is 0 Å². The summed E-state index contributed by atoms with van der Waals surface area (Å²) in [5, 5.41) is 8.59. The van der Waals surface area contributed by atoms with Gasteiger partial charge < -0.3 is 14.7 Å². The van der Waals surface area contributed by atoms with E-state index in [-0.39, 0.29) is 12.5 Å². The van der Waals surface area contributed by atoms with Crippen molar-refractivity contribution in [1.29, 1.82) is 0 Å². The molecule has 23 heavy (non-hydrogen) atoms. The molecule has 1 amide bonds. The Morgan fingerprint density at radius 1 is 1.17 bits per heavy atom. The molecule has 5 heteroatoms. The van der Waals surface area contributed by atoms with Crippen LogP contribution in [0.15, 0.2) is 48.5 Å². The van der Waals surface area contributed by atoms with Gasteiger partial charge in [0.2, 0.25) is 0 Å². The SMILES string of the molecule is CN1C(=O)C(=Cc2ccc(OCC(=O)O)cc2)c2ccccc21. The normalized spacial score (nSPS) is 14.9. The summed E-state index contributed by atoms with van der Waals surface area (Å²) in [5.41, 5.74) is 3.29. The molecule has 0 unspecified atom stereocenters. The van der Waals surface area contributed by atoms with E-state index in [4.69, 9.17) is 9.84 Å². The second kappa shape index (κ2) is 5.96. The van der Waals surface area contributed by atoms with Gasteiger partial charge >= 0.3 is 5.97 Å². The lowest BCUT2D eigenvalue weighted by atomic mass is 10.0. The summed E-state index contributed by atoms with van der Waals surface area (Å²) in [5.74, 6) is -0.588. The molecule has 2 aromatic rings. The number of para-hydroxylation sites is 1. The number of carboxylic acids is 1. The molecule has 1 N–H and O–H groups in total. The first-order chi connectivity index (χ1) is 11.1. The van der Waals surface area contributed by atoms with E-state index in [1.807, 2.05) is 30.3 Å². The predicted molar refractivity (Wildman–Crippen MR) is 87.3 cm³/mol. The third kappa shape index (κ3) is 2.94. The fraction of sp³-hybridized carbons (Fsp3) is 0.111. The van der Waals surface area contributed by atoms with Crippen LogP contribution >= 0.6 is 0 Å². The molecular formula is C18H15NO4. The second-order valence-corrected chi connectivity index (χ2v) is 5.19. The minimum Gasteiger partial charge on any atom is -0.482 e. The maximum Gasteiger partial charge on any atom is 0.341 e. The van der Waals surface area contributed by atoms with Gasteiger partial charge in [-0.15, -0.1) is 0 Å². The first-order valence-electron chi connectivity index (χ1n) is 7.10.